The van der Waals surface area contributed by atoms with Crippen LogP contribution in [0.15, 0.2) is 0 Å². The number of nitrogens with zero attached hydrogens (tertiary/aromatic N) is 1. The molecule has 1 aliphatic heterocycles. The van der Waals surface area contributed by atoms with E-state index in [1.807, 2.05) is 4.90 Å². The molecule has 2 atom stereocenters. The van der Waals surface area contributed by atoms with Crippen LogP contribution in [0.3, 0.4) is 0 Å². The monoisotopic (exact) mass is 271 g/mol. The van der Waals surface area contributed by atoms with E-state index in [-0.39, 0.29) is 24.6 Å². The van der Waals surface area contributed by atoms with Crippen LogP contribution in [0.5, 0.6) is 0 Å². The number of nitrogens with two attached hydrogens (primary N) is 1. The standard InChI is InChI=1S/C14H29N3O2/c1-2-12(6-9-18)16-13(11-15)10-14(19)17-7-4-3-5-8-17/h12-13,16,18H,2-11,15H2,1H3. The smallest absolute Gasteiger partial charge is 0.224 e. The van der Waals surface area contributed by atoms with Crippen LogP contribution in [0, 0.1) is 0 Å². The summed E-state index contributed by atoms with van der Waals surface area (Å²) in [6, 6.07) is 0.263. The molecule has 1 amide bonds. The summed E-state index contributed by atoms with van der Waals surface area (Å²) in [7, 11) is 0. The topological polar surface area (TPSA) is 78.6 Å². The van der Waals surface area contributed by atoms with Gasteiger partial charge >= 0.3 is 0 Å². The predicted octanol–water partition coefficient (Wildman–Crippen LogP) is 0.467. The lowest BCUT2D eigenvalue weighted by molar-refractivity contribution is -0.132. The third-order valence-corrected chi connectivity index (χ3v) is 3.86. The number of aliphatic hydroxyl groups is 1. The first-order chi connectivity index (χ1) is 9.21. The minimum Gasteiger partial charge on any atom is -0.396 e. The van der Waals surface area contributed by atoms with E-state index < -0.39 is 0 Å². The average Bonchev–Trinajstić information content (AvgIpc) is 2.46. The van der Waals surface area contributed by atoms with Crippen LogP contribution >= 0.6 is 0 Å². The van der Waals surface area contributed by atoms with Gasteiger partial charge < -0.3 is 21.1 Å². The number of nitrogens with one attached hydrogen (secondary N) is 1. The molecule has 0 aliphatic carbocycles. The van der Waals surface area contributed by atoms with Crippen LogP contribution in [0.25, 0.3) is 0 Å². The minimum absolute atomic E-state index is 0.0194. The number of piperidine rings is 1. The maximum Gasteiger partial charge on any atom is 0.224 e. The van der Waals surface area contributed by atoms with Crippen molar-refractivity contribution in [3.63, 3.8) is 0 Å². The van der Waals surface area contributed by atoms with Crippen molar-refractivity contribution in [2.75, 3.05) is 26.2 Å². The van der Waals surface area contributed by atoms with E-state index in [4.69, 9.17) is 10.8 Å². The third-order valence-electron chi connectivity index (χ3n) is 3.86. The second kappa shape index (κ2) is 9.28. The van der Waals surface area contributed by atoms with Crippen LogP contribution in [0.1, 0.15) is 45.4 Å². The van der Waals surface area contributed by atoms with Crippen LogP contribution in [0.4, 0.5) is 0 Å². The Morgan fingerprint density at radius 1 is 1.32 bits per heavy atom. The van der Waals surface area contributed by atoms with Crippen molar-refractivity contribution in [3.8, 4) is 0 Å². The number of likely N-dealkylation sites (tertiary alicyclic amines) is 1. The minimum atomic E-state index is 0.0194. The van der Waals surface area contributed by atoms with Crippen molar-refractivity contribution in [1.82, 2.24) is 10.2 Å². The normalized spacial score (nSPS) is 19.2. The van der Waals surface area contributed by atoms with E-state index in [0.717, 1.165) is 32.4 Å². The zero-order valence-corrected chi connectivity index (χ0v) is 12.1. The van der Waals surface area contributed by atoms with Crippen molar-refractivity contribution in [3.05, 3.63) is 0 Å². The Kier molecular flexibility index (Phi) is 8.02. The molecule has 5 nitrogen and oxygen atoms in total. The summed E-state index contributed by atoms with van der Waals surface area (Å²) in [6.07, 6.45) is 5.60. The van der Waals surface area contributed by atoms with E-state index in [9.17, 15) is 4.79 Å². The van der Waals surface area contributed by atoms with Gasteiger partial charge in [-0.3, -0.25) is 4.79 Å². The molecule has 2 unspecified atom stereocenters. The fourth-order valence-corrected chi connectivity index (χ4v) is 2.59. The van der Waals surface area contributed by atoms with E-state index in [2.05, 4.69) is 12.2 Å². The molecular formula is C14H29N3O2. The lowest BCUT2D eigenvalue weighted by Gasteiger charge is -2.29. The van der Waals surface area contributed by atoms with Crippen molar-refractivity contribution in [1.29, 1.82) is 0 Å². The van der Waals surface area contributed by atoms with Gasteiger partial charge in [0.1, 0.15) is 0 Å². The van der Waals surface area contributed by atoms with Gasteiger partial charge in [-0.25, -0.2) is 0 Å². The summed E-state index contributed by atoms with van der Waals surface area (Å²) in [5.74, 6) is 0.210. The molecule has 1 fully saturated rings. The zero-order chi connectivity index (χ0) is 14.1. The molecule has 112 valence electrons. The van der Waals surface area contributed by atoms with Crippen LogP contribution < -0.4 is 11.1 Å². The van der Waals surface area contributed by atoms with Crippen LogP contribution in [-0.4, -0.2) is 54.2 Å². The first-order valence-electron chi connectivity index (χ1n) is 7.56. The van der Waals surface area contributed by atoms with Gasteiger partial charge in [-0.1, -0.05) is 6.92 Å². The summed E-state index contributed by atoms with van der Waals surface area (Å²) >= 11 is 0. The third kappa shape index (κ3) is 5.89. The average molecular weight is 271 g/mol. The quantitative estimate of drug-likeness (QED) is 0.599. The summed E-state index contributed by atoms with van der Waals surface area (Å²) in [4.78, 5) is 14.1. The SMILES string of the molecule is CCC(CCO)NC(CN)CC(=O)N1CCCCC1. The second-order valence-electron chi connectivity index (χ2n) is 5.36. The summed E-state index contributed by atoms with van der Waals surface area (Å²) in [6.45, 7) is 4.49. The van der Waals surface area contributed by atoms with Crippen molar-refractivity contribution in [2.24, 2.45) is 5.73 Å². The van der Waals surface area contributed by atoms with Gasteiger partial charge in [0.25, 0.3) is 0 Å². The van der Waals surface area contributed by atoms with Crippen molar-refractivity contribution in [2.45, 2.75) is 57.5 Å². The zero-order valence-electron chi connectivity index (χ0n) is 12.1. The van der Waals surface area contributed by atoms with E-state index in [0.29, 0.717) is 19.4 Å². The number of hydrogen-bond donors (Lipinski definition) is 3. The highest BCUT2D eigenvalue weighted by Crippen LogP contribution is 2.11. The number of carbonyl (C=O) groups excluding carboxylic acids is 1. The molecule has 0 aromatic carbocycles. The number of aliphatic hydroxyl groups excluding tert-OH is 1. The van der Waals surface area contributed by atoms with E-state index >= 15 is 0 Å². The molecule has 0 bridgehead atoms. The Bertz CT molecular complexity index is 255. The highest BCUT2D eigenvalue weighted by Gasteiger charge is 2.21. The largest absolute Gasteiger partial charge is 0.396 e. The molecule has 0 aromatic heterocycles. The number of amides is 1. The number of rotatable bonds is 8. The van der Waals surface area contributed by atoms with Crippen LogP contribution in [-0.2, 0) is 4.79 Å². The van der Waals surface area contributed by atoms with Gasteiger partial charge in [-0.15, -0.1) is 0 Å². The van der Waals surface area contributed by atoms with Crippen molar-refractivity contribution >= 4 is 5.91 Å². The molecule has 0 radical (unpaired) electrons. The molecule has 0 saturated carbocycles. The molecule has 1 aliphatic rings. The summed E-state index contributed by atoms with van der Waals surface area (Å²) in [5.41, 5.74) is 5.75. The Balaban J connectivity index is 2.39. The molecular weight excluding hydrogens is 242 g/mol. The fraction of sp³-hybridized carbons (Fsp3) is 0.929. The number of hydrogen-bond acceptors (Lipinski definition) is 4. The van der Waals surface area contributed by atoms with Crippen LogP contribution in [0.2, 0.25) is 0 Å². The van der Waals surface area contributed by atoms with Gasteiger partial charge in [0.2, 0.25) is 5.91 Å². The molecule has 5 heteroatoms. The summed E-state index contributed by atoms with van der Waals surface area (Å²) in [5, 5.41) is 12.4. The molecule has 0 aromatic rings. The van der Waals surface area contributed by atoms with E-state index in [1.54, 1.807) is 0 Å². The lowest BCUT2D eigenvalue weighted by Crippen LogP contribution is -2.47. The van der Waals surface area contributed by atoms with Gasteiger partial charge in [0.15, 0.2) is 0 Å². The fourth-order valence-electron chi connectivity index (χ4n) is 2.59. The highest BCUT2D eigenvalue weighted by atomic mass is 16.3. The Morgan fingerprint density at radius 3 is 2.53 bits per heavy atom. The molecule has 1 saturated heterocycles. The first kappa shape index (κ1) is 16.4. The molecule has 4 N–H and O–H groups in total. The molecule has 1 heterocycles. The molecule has 0 spiro atoms. The maximum absolute atomic E-state index is 12.2. The maximum atomic E-state index is 12.2. The Labute approximate surface area is 116 Å². The van der Waals surface area contributed by atoms with Gasteiger partial charge in [0, 0.05) is 44.7 Å². The second-order valence-corrected chi connectivity index (χ2v) is 5.36. The predicted molar refractivity (Wildman–Crippen MR) is 76.8 cm³/mol. The first-order valence-corrected chi connectivity index (χ1v) is 7.56. The van der Waals surface area contributed by atoms with Gasteiger partial charge in [-0.05, 0) is 32.1 Å². The highest BCUT2D eigenvalue weighted by molar-refractivity contribution is 5.76. The molecule has 19 heavy (non-hydrogen) atoms. The van der Waals surface area contributed by atoms with Gasteiger partial charge in [-0.2, -0.15) is 0 Å². The molecule has 1 rings (SSSR count). The number of carbonyl (C=O) groups is 1. The van der Waals surface area contributed by atoms with E-state index in [1.165, 1.54) is 6.42 Å². The van der Waals surface area contributed by atoms with Crippen molar-refractivity contribution < 1.29 is 9.90 Å². The Morgan fingerprint density at radius 2 is 2.00 bits per heavy atom. The summed E-state index contributed by atoms with van der Waals surface area (Å²) < 4.78 is 0. The lowest BCUT2D eigenvalue weighted by atomic mass is 10.1. The Hall–Kier alpha value is -0.650. The van der Waals surface area contributed by atoms with Gasteiger partial charge in [0.05, 0.1) is 0 Å².